The highest BCUT2D eigenvalue weighted by molar-refractivity contribution is 5.89. The van der Waals surface area contributed by atoms with Crippen LogP contribution in [-0.2, 0) is 10.9 Å². The average Bonchev–Trinajstić information content (AvgIpc) is 2.60. The highest BCUT2D eigenvalue weighted by atomic mass is 19.4. The lowest BCUT2D eigenvalue weighted by molar-refractivity contribution is -0.137. The fourth-order valence-corrected chi connectivity index (χ4v) is 2.94. The monoisotopic (exact) mass is 390 g/mol. The van der Waals surface area contributed by atoms with Crippen LogP contribution < -0.4 is 0 Å². The molecule has 6 heteroatoms. The average molecular weight is 390 g/mol. The molecule has 0 saturated carbocycles. The van der Waals surface area contributed by atoms with Gasteiger partial charge in [0.25, 0.3) is 0 Å². The second-order valence-electron chi connectivity index (χ2n) is 6.95. The van der Waals surface area contributed by atoms with E-state index < -0.39 is 29.1 Å². The molecular weight excluding hydrogens is 360 g/mol. The Labute approximate surface area is 159 Å². The number of benzene rings is 1. The summed E-state index contributed by atoms with van der Waals surface area (Å²) in [7, 11) is 0. The van der Waals surface area contributed by atoms with Gasteiger partial charge in [-0.15, -0.1) is 0 Å². The Hall–Kier alpha value is -1.59. The van der Waals surface area contributed by atoms with E-state index in [0.29, 0.717) is 25.0 Å². The van der Waals surface area contributed by atoms with Crippen LogP contribution in [0.25, 0.3) is 0 Å². The molecule has 1 rings (SSSR count). The SMILES string of the molecule is CCCCCCCCC(CCCC)OC(=O)c1cc(F)cc(C(F)(F)F)c1. The Bertz CT molecular complexity index is 570. The van der Waals surface area contributed by atoms with Crippen molar-refractivity contribution in [3.63, 3.8) is 0 Å². The quantitative estimate of drug-likeness (QED) is 0.212. The Balaban J connectivity index is 2.68. The minimum absolute atomic E-state index is 0.346. The molecule has 0 spiro atoms. The van der Waals surface area contributed by atoms with Crippen LogP contribution in [0.3, 0.4) is 0 Å². The molecule has 0 bridgehead atoms. The fourth-order valence-electron chi connectivity index (χ4n) is 2.94. The molecule has 0 aliphatic carbocycles. The first-order valence-corrected chi connectivity index (χ1v) is 9.86. The van der Waals surface area contributed by atoms with Crippen LogP contribution in [0.2, 0.25) is 0 Å². The van der Waals surface area contributed by atoms with E-state index in [2.05, 4.69) is 6.92 Å². The number of carbonyl (C=O) groups is 1. The third-order valence-corrected chi connectivity index (χ3v) is 4.49. The number of hydrogen-bond donors (Lipinski definition) is 0. The van der Waals surface area contributed by atoms with Gasteiger partial charge in [0.1, 0.15) is 11.9 Å². The van der Waals surface area contributed by atoms with Crippen molar-refractivity contribution in [2.75, 3.05) is 0 Å². The largest absolute Gasteiger partial charge is 0.459 e. The van der Waals surface area contributed by atoms with Crippen LogP contribution in [0.5, 0.6) is 0 Å². The lowest BCUT2D eigenvalue weighted by atomic mass is 10.0. The van der Waals surface area contributed by atoms with Crippen molar-refractivity contribution in [2.24, 2.45) is 0 Å². The molecule has 0 saturated heterocycles. The van der Waals surface area contributed by atoms with E-state index in [1.807, 2.05) is 6.92 Å². The van der Waals surface area contributed by atoms with E-state index in [9.17, 15) is 22.4 Å². The van der Waals surface area contributed by atoms with E-state index in [-0.39, 0.29) is 6.10 Å². The predicted octanol–water partition coefficient (Wildman–Crippen LogP) is 7.31. The lowest BCUT2D eigenvalue weighted by Crippen LogP contribution is -2.19. The molecule has 1 unspecified atom stereocenters. The maximum absolute atomic E-state index is 13.5. The molecule has 27 heavy (non-hydrogen) atoms. The topological polar surface area (TPSA) is 26.3 Å². The second-order valence-corrected chi connectivity index (χ2v) is 6.95. The Kier molecular flexibility index (Phi) is 10.4. The lowest BCUT2D eigenvalue weighted by Gasteiger charge is -2.18. The van der Waals surface area contributed by atoms with Crippen LogP contribution in [0.4, 0.5) is 17.6 Å². The molecule has 0 heterocycles. The second kappa shape index (κ2) is 12.0. The van der Waals surface area contributed by atoms with Gasteiger partial charge in [-0.2, -0.15) is 13.2 Å². The first-order chi connectivity index (χ1) is 12.8. The van der Waals surface area contributed by atoms with Crippen molar-refractivity contribution in [3.8, 4) is 0 Å². The van der Waals surface area contributed by atoms with E-state index in [1.54, 1.807) is 0 Å². The molecule has 1 aromatic carbocycles. The van der Waals surface area contributed by atoms with Crippen LogP contribution in [0.1, 0.15) is 94.0 Å². The number of carbonyl (C=O) groups excluding carboxylic acids is 1. The molecule has 0 aliphatic heterocycles. The van der Waals surface area contributed by atoms with E-state index in [0.717, 1.165) is 38.2 Å². The summed E-state index contributed by atoms with van der Waals surface area (Å²) >= 11 is 0. The van der Waals surface area contributed by atoms with Crippen molar-refractivity contribution < 1.29 is 27.1 Å². The summed E-state index contributed by atoms with van der Waals surface area (Å²) in [4.78, 5) is 12.3. The zero-order valence-electron chi connectivity index (χ0n) is 16.2. The van der Waals surface area contributed by atoms with Crippen molar-refractivity contribution in [2.45, 2.75) is 90.3 Å². The standard InChI is InChI=1S/C21H30F4O2/c1-3-5-7-8-9-10-12-19(11-6-4-2)27-20(26)16-13-17(21(23,24)25)15-18(22)14-16/h13-15,19H,3-12H2,1-2H3. The summed E-state index contributed by atoms with van der Waals surface area (Å²) in [6.07, 6.45) is 4.71. The highest BCUT2D eigenvalue weighted by Crippen LogP contribution is 2.30. The van der Waals surface area contributed by atoms with Crippen molar-refractivity contribution in [1.29, 1.82) is 0 Å². The van der Waals surface area contributed by atoms with Gasteiger partial charge in [-0.3, -0.25) is 0 Å². The Morgan fingerprint density at radius 3 is 2.15 bits per heavy atom. The van der Waals surface area contributed by atoms with Gasteiger partial charge < -0.3 is 4.74 Å². The summed E-state index contributed by atoms with van der Waals surface area (Å²) in [5.74, 6) is -2.00. The molecule has 0 N–H and O–H groups in total. The van der Waals surface area contributed by atoms with Crippen LogP contribution in [-0.4, -0.2) is 12.1 Å². The van der Waals surface area contributed by atoms with Gasteiger partial charge in [0.15, 0.2) is 0 Å². The van der Waals surface area contributed by atoms with Gasteiger partial charge in [-0.25, -0.2) is 9.18 Å². The molecule has 0 amide bonds. The number of rotatable bonds is 12. The summed E-state index contributed by atoms with van der Waals surface area (Å²) in [5, 5.41) is 0. The number of alkyl halides is 3. The van der Waals surface area contributed by atoms with Gasteiger partial charge in [0.05, 0.1) is 11.1 Å². The van der Waals surface area contributed by atoms with Gasteiger partial charge in [-0.05, 0) is 37.5 Å². The minimum Gasteiger partial charge on any atom is -0.459 e. The van der Waals surface area contributed by atoms with Crippen molar-refractivity contribution in [3.05, 3.63) is 35.1 Å². The molecule has 0 radical (unpaired) electrons. The van der Waals surface area contributed by atoms with E-state index >= 15 is 0 Å². The van der Waals surface area contributed by atoms with Gasteiger partial charge >= 0.3 is 12.1 Å². The van der Waals surface area contributed by atoms with Crippen molar-refractivity contribution in [1.82, 2.24) is 0 Å². The number of halogens is 4. The Morgan fingerprint density at radius 2 is 1.52 bits per heavy atom. The highest BCUT2D eigenvalue weighted by Gasteiger charge is 2.32. The van der Waals surface area contributed by atoms with Gasteiger partial charge in [0, 0.05) is 0 Å². The molecular formula is C21H30F4O2. The van der Waals surface area contributed by atoms with Crippen LogP contribution >= 0.6 is 0 Å². The molecule has 1 aromatic rings. The molecule has 0 fully saturated rings. The number of esters is 1. The first-order valence-electron chi connectivity index (χ1n) is 9.86. The number of hydrogen-bond acceptors (Lipinski definition) is 2. The maximum atomic E-state index is 13.5. The zero-order valence-corrected chi connectivity index (χ0v) is 16.2. The summed E-state index contributed by atoms with van der Waals surface area (Å²) in [6.45, 7) is 4.17. The molecule has 0 aliphatic rings. The first kappa shape index (κ1) is 23.4. The molecule has 154 valence electrons. The number of unbranched alkanes of at least 4 members (excludes halogenated alkanes) is 6. The molecule has 2 nitrogen and oxygen atoms in total. The third-order valence-electron chi connectivity index (χ3n) is 4.49. The summed E-state index contributed by atoms with van der Waals surface area (Å²) < 4.78 is 57.4. The molecule has 1 atom stereocenters. The summed E-state index contributed by atoms with van der Waals surface area (Å²) in [5.41, 5.74) is -1.58. The fraction of sp³-hybridized carbons (Fsp3) is 0.667. The molecule has 0 aromatic heterocycles. The third kappa shape index (κ3) is 9.25. The smallest absolute Gasteiger partial charge is 0.416 e. The minimum atomic E-state index is -4.71. The van der Waals surface area contributed by atoms with E-state index in [4.69, 9.17) is 4.74 Å². The zero-order chi connectivity index (χ0) is 20.3. The number of ether oxygens (including phenoxy) is 1. The van der Waals surface area contributed by atoms with Crippen LogP contribution in [0, 0.1) is 5.82 Å². The van der Waals surface area contributed by atoms with Crippen LogP contribution in [0.15, 0.2) is 18.2 Å². The van der Waals surface area contributed by atoms with Gasteiger partial charge in [0.2, 0.25) is 0 Å². The summed E-state index contributed by atoms with van der Waals surface area (Å²) in [6, 6.07) is 1.81. The normalized spacial score (nSPS) is 12.8. The maximum Gasteiger partial charge on any atom is 0.416 e. The van der Waals surface area contributed by atoms with E-state index in [1.165, 1.54) is 19.3 Å². The van der Waals surface area contributed by atoms with Gasteiger partial charge in [-0.1, -0.05) is 58.8 Å². The predicted molar refractivity (Wildman–Crippen MR) is 98.1 cm³/mol. The van der Waals surface area contributed by atoms with Crippen molar-refractivity contribution >= 4 is 5.97 Å². The Morgan fingerprint density at radius 1 is 0.926 bits per heavy atom.